The van der Waals surface area contributed by atoms with Gasteiger partial charge in [-0.3, -0.25) is 34.9 Å². The first-order chi connectivity index (χ1) is 66.8. The first-order valence-corrected chi connectivity index (χ1v) is 44.2. The number of ether oxygens (including phenoxy) is 5. The Balaban J connectivity index is 0.000000154. The average molecular weight is 1880 g/mol. The number of carbonyl (C=O) groups is 7. The topological polar surface area (TPSA) is 431 Å². The van der Waals surface area contributed by atoms with Crippen molar-refractivity contribution >= 4 is 64.4 Å². The summed E-state index contributed by atoms with van der Waals surface area (Å²) < 4.78 is 33.4. The fourth-order valence-corrected chi connectivity index (χ4v) is 15.4. The number of aromatic nitrogens is 7. The lowest BCUT2D eigenvalue weighted by molar-refractivity contribution is 0.0683. The van der Waals surface area contributed by atoms with Crippen molar-refractivity contribution in [2.45, 2.75) is 115 Å². The monoisotopic (exact) mass is 1880 g/mol. The number of carboxylic acids is 7. The van der Waals surface area contributed by atoms with Crippen LogP contribution in [0.15, 0.2) is 298 Å². The highest BCUT2D eigenvalue weighted by Gasteiger charge is 2.26. The van der Waals surface area contributed by atoms with Gasteiger partial charge in [0, 0.05) is 115 Å². The first kappa shape index (κ1) is 102. The van der Waals surface area contributed by atoms with Gasteiger partial charge in [-0.1, -0.05) is 115 Å². The summed E-state index contributed by atoms with van der Waals surface area (Å²) in [4.78, 5) is 106. The maximum Gasteiger partial charge on any atom is 0.336 e. The molecule has 0 radical (unpaired) electrons. The van der Waals surface area contributed by atoms with Gasteiger partial charge in [0.1, 0.15) is 47.4 Å². The van der Waals surface area contributed by atoms with Crippen LogP contribution in [-0.2, 0) is 83.5 Å². The van der Waals surface area contributed by atoms with Crippen LogP contribution in [0.4, 0.5) is 0 Å². The van der Waals surface area contributed by atoms with Crippen LogP contribution in [0.3, 0.4) is 0 Å². The largest absolute Gasteiger partial charge is 0.508 e. The molecule has 8 aromatic heterocycles. The van der Waals surface area contributed by atoms with Gasteiger partial charge in [0.05, 0.1) is 59.4 Å². The second-order valence-corrected chi connectivity index (χ2v) is 31.9. The number of para-hydroxylation sites is 5. The van der Waals surface area contributed by atoms with Crippen molar-refractivity contribution in [1.29, 1.82) is 0 Å². The molecule has 0 aliphatic carbocycles. The van der Waals surface area contributed by atoms with E-state index in [0.717, 1.165) is 132 Å². The molecule has 29 heteroatoms. The summed E-state index contributed by atoms with van der Waals surface area (Å²) in [6, 6.07) is 60.3. The van der Waals surface area contributed by atoms with E-state index in [1.807, 2.05) is 146 Å². The Bertz CT molecular complexity index is 6720. The normalized spacial score (nSPS) is 12.1. The minimum Gasteiger partial charge on any atom is -0.508 e. The fraction of sp³-hybridized carbons (Fsp3) is 0.193. The number of pyridine rings is 7. The van der Waals surface area contributed by atoms with Crippen molar-refractivity contribution in [1.82, 2.24) is 34.9 Å². The number of rotatable bonds is 30. The lowest BCUT2D eigenvalue weighted by Gasteiger charge is -2.26. The molecule has 28 nitrogen and oxygen atoms in total. The van der Waals surface area contributed by atoms with Crippen molar-refractivity contribution in [2.75, 3.05) is 20.8 Å². The lowest BCUT2D eigenvalue weighted by Crippen LogP contribution is -2.29. The second-order valence-electron chi connectivity index (χ2n) is 31.5. The summed E-state index contributed by atoms with van der Waals surface area (Å²) in [7, 11) is 3.20. The molecule has 2 aliphatic rings. The van der Waals surface area contributed by atoms with Crippen molar-refractivity contribution in [3.05, 3.63) is 421 Å². The van der Waals surface area contributed by atoms with Crippen molar-refractivity contribution in [3.63, 3.8) is 0 Å². The molecule has 2 unspecified atom stereocenters. The van der Waals surface area contributed by atoms with E-state index in [9.17, 15) is 38.7 Å². The Hall–Kier alpha value is -16.9. The Morgan fingerprint density at radius 2 is 0.768 bits per heavy atom. The van der Waals surface area contributed by atoms with Gasteiger partial charge in [-0.15, -0.1) is 6.42 Å². The van der Waals surface area contributed by atoms with Gasteiger partial charge >= 0.3 is 41.8 Å². The predicted molar refractivity (Wildman–Crippen MR) is 517 cm³/mol. The molecule has 10 heterocycles. The highest BCUT2D eigenvalue weighted by Crippen LogP contribution is 2.35. The van der Waals surface area contributed by atoms with Gasteiger partial charge in [0.2, 0.25) is 0 Å². The predicted octanol–water partition coefficient (Wildman–Crippen LogP) is 19.5. The van der Waals surface area contributed by atoms with Crippen LogP contribution in [0, 0.1) is 19.3 Å². The van der Waals surface area contributed by atoms with Crippen LogP contribution in [0.1, 0.15) is 169 Å². The van der Waals surface area contributed by atoms with Crippen LogP contribution in [0.25, 0.3) is 11.0 Å². The van der Waals surface area contributed by atoms with Crippen LogP contribution in [-0.4, -0.2) is 151 Å². The third kappa shape index (κ3) is 30.0. The molecule has 0 saturated heterocycles. The Morgan fingerprint density at radius 3 is 1.22 bits per heavy atom. The third-order valence-corrected chi connectivity index (χ3v) is 22.8. The van der Waals surface area contributed by atoms with E-state index in [-0.39, 0.29) is 29.1 Å². The molecule has 0 saturated carbocycles. The smallest absolute Gasteiger partial charge is 0.336 e. The fourth-order valence-electron chi connectivity index (χ4n) is 15.1. The van der Waals surface area contributed by atoms with Crippen molar-refractivity contribution in [2.24, 2.45) is 0 Å². The zero-order chi connectivity index (χ0) is 98.2. The summed E-state index contributed by atoms with van der Waals surface area (Å²) in [6.45, 7) is 2.46. The zero-order valence-electron chi connectivity index (χ0n) is 75.7. The summed E-state index contributed by atoms with van der Waals surface area (Å²) in [5.41, 5.74) is 16.3. The van der Waals surface area contributed by atoms with Crippen LogP contribution < -0.4 is 23.7 Å². The molecule has 8 N–H and O–H groups in total. The first-order valence-electron chi connectivity index (χ1n) is 43.8. The zero-order valence-corrected chi connectivity index (χ0v) is 76.4. The van der Waals surface area contributed by atoms with Gasteiger partial charge in [-0.2, -0.15) is 0 Å². The molecule has 17 rings (SSSR count). The third-order valence-electron chi connectivity index (χ3n) is 22.4. The van der Waals surface area contributed by atoms with Gasteiger partial charge in [-0.05, 0) is 272 Å². The van der Waals surface area contributed by atoms with E-state index < -0.39 is 41.8 Å². The molecule has 0 bridgehead atoms. The van der Waals surface area contributed by atoms with E-state index in [1.54, 1.807) is 82.1 Å². The maximum atomic E-state index is 11.2. The number of phenolic OH excluding ortho intramolecular Hbond substituents is 1. The van der Waals surface area contributed by atoms with Crippen LogP contribution in [0.2, 0.25) is 5.02 Å². The maximum absolute atomic E-state index is 11.2. The number of phenols is 1. The second kappa shape index (κ2) is 51.9. The molecule has 2 aliphatic heterocycles. The number of halogens is 1. The number of methoxy groups -OCH3 is 2. The quantitative estimate of drug-likeness (QED) is 0.0194. The van der Waals surface area contributed by atoms with Crippen LogP contribution in [0.5, 0.6) is 34.5 Å². The van der Waals surface area contributed by atoms with E-state index >= 15 is 0 Å². The van der Waals surface area contributed by atoms with Crippen molar-refractivity contribution < 1.29 is 103 Å². The molecule has 138 heavy (non-hydrogen) atoms. The van der Waals surface area contributed by atoms with Crippen LogP contribution >= 0.6 is 11.6 Å². The van der Waals surface area contributed by atoms with Gasteiger partial charge in [0.15, 0.2) is 11.5 Å². The summed E-state index contributed by atoms with van der Waals surface area (Å²) in [5.74, 6) is 0.204. The highest BCUT2D eigenvalue weighted by atomic mass is 35.5. The number of carboxylic acid groups (broad SMARTS) is 7. The molecular formula is C109H100ClN7O21. The lowest BCUT2D eigenvalue weighted by atomic mass is 10.0. The molecule has 704 valence electrons. The number of terminal acetylenes is 1. The summed E-state index contributed by atoms with van der Waals surface area (Å²) >= 11 is 6.17. The minimum atomic E-state index is -0.954. The standard InChI is InChI=1S/C16H15NO4.C16H17NO4.C16H13NO3.C16H15NO3.C16H13NO2.C15H14ClNO2.C14H13NO3/c18-16(19)13-7-8-17-9-11(13)5-6-12-10-20-14-3-1-2-4-15(14)21-12;1-20-13-6-5-11(15(9-13)21-2)3-4-12-10-17-8-7-14(12)16(18)19;18-16(19)14-7-8-17-9-11(14)5-6-12-10-20-15-4-2-1-3-13(12)15;18-16(19)14-7-8-17-10-12(14)5-6-13-9-11-3-1-2-4-15(11)20-13;1-2-12-3-5-13(6-4-12)7-8-14-11-17-10-9-15(14)16(18)19;1-10-2-3-11(14(16)8-10)4-5-12-9-17-7-6-13(12)15(18)19;16-13-4-2-1-3-10(13)5-6-11-9-15-8-7-12(11)14(17)18/h1-4,7-9,12H,5-6,10H2,(H,18,19);5-10H,3-4H2,1-2H3,(H,18,19);1-4,7-10H,5-6H2,(H,18,19);1-4,7-8,10,13H,5-6,9H2,(H,18,19);1,3-6,9-11H,7-8H2,(H,18,19);2-3,6-9H,4-5H2,1H3,(H,18,19);1-4,7-9,16H,5-6H2,(H,17,18). The van der Waals surface area contributed by atoms with E-state index in [0.29, 0.717) is 122 Å². The Labute approximate surface area is 801 Å². The van der Waals surface area contributed by atoms with Gasteiger partial charge in [0.25, 0.3) is 0 Å². The van der Waals surface area contributed by atoms with E-state index in [2.05, 4.69) is 46.9 Å². The molecule has 7 aromatic carbocycles. The number of furan rings is 1. The number of hydrogen-bond donors (Lipinski definition) is 8. The number of fused-ring (bicyclic) bond motifs is 3. The number of hydrogen-bond acceptors (Lipinski definition) is 21. The minimum absolute atomic E-state index is 0.0817. The van der Waals surface area contributed by atoms with Gasteiger partial charge < -0.3 is 69.0 Å². The molecule has 15 aromatic rings. The number of aryl methyl sites for hydroxylation is 13. The Kier molecular flexibility index (Phi) is 38.2. The molecular weight excluding hydrogens is 1780 g/mol. The number of nitrogens with zero attached hydrogens (tertiary/aromatic N) is 7. The van der Waals surface area contributed by atoms with E-state index in [4.69, 9.17) is 81.9 Å². The molecule has 0 amide bonds. The molecule has 0 fully saturated rings. The number of aromatic carboxylic acids is 7. The average Bonchev–Trinajstić information content (AvgIpc) is 1.75. The number of benzene rings is 7. The van der Waals surface area contributed by atoms with Gasteiger partial charge in [-0.25, -0.2) is 33.6 Å². The summed E-state index contributed by atoms with van der Waals surface area (Å²) in [6.07, 6.45) is 38.8. The SMILES string of the molecule is C#Cc1ccc(CCc2cnccc2C(=O)O)cc1.COc1ccc(CCc2cnccc2C(=O)O)c(OC)c1.Cc1ccc(CCc2cnccc2C(=O)O)c(Cl)c1.O=C(O)c1ccncc1CCC1COc2ccccc2O1.O=C(O)c1ccncc1CCC1Cc2ccccc2O1.O=C(O)c1ccncc1CCc1ccccc1O.O=C(O)c1ccncc1CCc1coc2ccccc12. The van der Waals surface area contributed by atoms with E-state index in [1.165, 1.54) is 85.3 Å². The Morgan fingerprint density at radius 1 is 0.384 bits per heavy atom. The summed E-state index contributed by atoms with van der Waals surface area (Å²) in [5, 5.41) is 75.3. The highest BCUT2D eigenvalue weighted by molar-refractivity contribution is 6.31. The van der Waals surface area contributed by atoms with Crippen molar-refractivity contribution in [3.8, 4) is 46.8 Å². The number of aromatic hydroxyl groups is 1. The molecule has 2 atom stereocenters. The molecule has 0 spiro atoms.